The number of allylic oxidation sites excluding steroid dienone is 2. The van der Waals surface area contributed by atoms with Crippen LogP contribution in [0, 0.1) is 0 Å². The molecule has 0 aliphatic rings. The van der Waals surface area contributed by atoms with Crippen molar-refractivity contribution >= 4 is 11.8 Å². The highest BCUT2D eigenvalue weighted by Crippen LogP contribution is 2.09. The number of hydrogen-bond acceptors (Lipinski definition) is 3. The first-order valence-corrected chi connectivity index (χ1v) is 4.62. The molecule has 5 heteroatoms. The molecule has 0 saturated carbocycles. The van der Waals surface area contributed by atoms with Gasteiger partial charge in [0.05, 0.1) is 0 Å². The zero-order chi connectivity index (χ0) is 11.7. The molecule has 5 N–H and O–H groups in total. The second-order valence-corrected chi connectivity index (χ2v) is 3.04. The summed E-state index contributed by atoms with van der Waals surface area (Å²) < 4.78 is 0. The number of hydrogen-bond donors (Lipinski definition) is 3. The molecule has 0 bridgehead atoms. The predicted octanol–water partition coefficient (Wildman–Crippen LogP) is -0.398. The molecule has 0 unspecified atom stereocenters. The SMILES string of the molecule is NC(=O)C=CCC(=CC(N)=O)CCCO. The van der Waals surface area contributed by atoms with E-state index in [9.17, 15) is 9.59 Å². The normalized spacial score (nSPS) is 11.9. The van der Waals surface area contributed by atoms with Gasteiger partial charge in [0.2, 0.25) is 11.8 Å². The zero-order valence-electron chi connectivity index (χ0n) is 8.48. The number of amides is 2. The smallest absolute Gasteiger partial charge is 0.241 e. The van der Waals surface area contributed by atoms with E-state index in [0.29, 0.717) is 19.3 Å². The molecular formula is C10H16N2O3. The van der Waals surface area contributed by atoms with Crippen molar-refractivity contribution in [2.24, 2.45) is 11.5 Å². The number of nitrogens with two attached hydrogens (primary N) is 2. The van der Waals surface area contributed by atoms with Gasteiger partial charge in [-0.3, -0.25) is 9.59 Å². The van der Waals surface area contributed by atoms with Crippen LogP contribution in [-0.4, -0.2) is 23.5 Å². The quantitative estimate of drug-likeness (QED) is 0.500. The second-order valence-electron chi connectivity index (χ2n) is 3.04. The number of primary amides is 2. The average Bonchev–Trinajstić information content (AvgIpc) is 2.12. The van der Waals surface area contributed by atoms with Crippen molar-refractivity contribution in [2.75, 3.05) is 6.61 Å². The van der Waals surface area contributed by atoms with Gasteiger partial charge in [0.15, 0.2) is 0 Å². The minimum Gasteiger partial charge on any atom is -0.396 e. The minimum absolute atomic E-state index is 0.0512. The Morgan fingerprint density at radius 1 is 1.20 bits per heavy atom. The Kier molecular flexibility index (Phi) is 6.92. The molecule has 0 saturated heterocycles. The molecule has 5 nitrogen and oxygen atoms in total. The first kappa shape index (κ1) is 13.4. The van der Waals surface area contributed by atoms with E-state index in [4.69, 9.17) is 16.6 Å². The fourth-order valence-corrected chi connectivity index (χ4v) is 1.07. The average molecular weight is 212 g/mol. The number of carbonyl (C=O) groups is 2. The van der Waals surface area contributed by atoms with E-state index in [1.54, 1.807) is 6.08 Å². The highest BCUT2D eigenvalue weighted by Gasteiger charge is 1.98. The summed E-state index contributed by atoms with van der Waals surface area (Å²) in [4.78, 5) is 21.0. The van der Waals surface area contributed by atoms with Gasteiger partial charge in [0, 0.05) is 12.7 Å². The molecule has 0 heterocycles. The highest BCUT2D eigenvalue weighted by atomic mass is 16.2. The third-order valence-corrected chi connectivity index (χ3v) is 1.66. The second kappa shape index (κ2) is 7.75. The molecule has 0 rings (SSSR count). The molecule has 0 aromatic carbocycles. The van der Waals surface area contributed by atoms with Crippen LogP contribution in [0.3, 0.4) is 0 Å². The van der Waals surface area contributed by atoms with Gasteiger partial charge in [-0.2, -0.15) is 0 Å². The third-order valence-electron chi connectivity index (χ3n) is 1.66. The summed E-state index contributed by atoms with van der Waals surface area (Å²) in [7, 11) is 0. The Hall–Kier alpha value is -1.62. The van der Waals surface area contributed by atoms with Gasteiger partial charge in [-0.15, -0.1) is 0 Å². The van der Waals surface area contributed by atoms with E-state index < -0.39 is 11.8 Å². The fraction of sp³-hybridized carbons (Fsp3) is 0.400. The molecule has 15 heavy (non-hydrogen) atoms. The van der Waals surface area contributed by atoms with Gasteiger partial charge in [-0.1, -0.05) is 11.6 Å². The molecule has 0 aliphatic carbocycles. The van der Waals surface area contributed by atoms with E-state index >= 15 is 0 Å². The van der Waals surface area contributed by atoms with Crippen molar-refractivity contribution in [3.63, 3.8) is 0 Å². The van der Waals surface area contributed by atoms with Crippen LogP contribution in [0.1, 0.15) is 19.3 Å². The summed E-state index contributed by atoms with van der Waals surface area (Å²) in [5, 5.41) is 8.63. The molecule has 0 atom stereocenters. The van der Waals surface area contributed by atoms with Crippen molar-refractivity contribution in [3.05, 3.63) is 23.8 Å². The van der Waals surface area contributed by atoms with E-state index in [2.05, 4.69) is 0 Å². The van der Waals surface area contributed by atoms with E-state index in [1.807, 2.05) is 0 Å². The lowest BCUT2D eigenvalue weighted by Crippen LogP contribution is -2.08. The van der Waals surface area contributed by atoms with Crippen LogP contribution in [0.5, 0.6) is 0 Å². The Bertz CT molecular complexity index is 282. The summed E-state index contributed by atoms with van der Waals surface area (Å²) >= 11 is 0. The van der Waals surface area contributed by atoms with Crippen molar-refractivity contribution < 1.29 is 14.7 Å². The Morgan fingerprint density at radius 2 is 1.87 bits per heavy atom. The van der Waals surface area contributed by atoms with Crippen LogP contribution in [-0.2, 0) is 9.59 Å². The predicted molar refractivity (Wildman–Crippen MR) is 56.5 cm³/mol. The van der Waals surface area contributed by atoms with Gasteiger partial charge in [0.1, 0.15) is 0 Å². The third kappa shape index (κ3) is 8.70. The monoisotopic (exact) mass is 212 g/mol. The Morgan fingerprint density at radius 3 is 2.33 bits per heavy atom. The molecular weight excluding hydrogens is 196 g/mol. The van der Waals surface area contributed by atoms with E-state index in [-0.39, 0.29) is 6.61 Å². The Labute approximate surface area is 88.4 Å². The fourth-order valence-electron chi connectivity index (χ4n) is 1.07. The first-order chi connectivity index (χ1) is 7.06. The lowest BCUT2D eigenvalue weighted by molar-refractivity contribution is -0.114. The maximum Gasteiger partial charge on any atom is 0.241 e. The molecule has 0 radical (unpaired) electrons. The lowest BCUT2D eigenvalue weighted by atomic mass is 10.1. The number of aliphatic hydroxyl groups is 1. The van der Waals surface area contributed by atoms with Gasteiger partial charge in [-0.25, -0.2) is 0 Å². The van der Waals surface area contributed by atoms with Crippen molar-refractivity contribution in [1.29, 1.82) is 0 Å². The van der Waals surface area contributed by atoms with Gasteiger partial charge in [0.25, 0.3) is 0 Å². The molecule has 0 aliphatic heterocycles. The van der Waals surface area contributed by atoms with Crippen molar-refractivity contribution in [1.82, 2.24) is 0 Å². The van der Waals surface area contributed by atoms with Crippen LogP contribution in [0.15, 0.2) is 23.8 Å². The molecule has 0 fully saturated rings. The largest absolute Gasteiger partial charge is 0.396 e. The van der Waals surface area contributed by atoms with Crippen LogP contribution < -0.4 is 11.5 Å². The van der Waals surface area contributed by atoms with Crippen LogP contribution in [0.4, 0.5) is 0 Å². The topological polar surface area (TPSA) is 106 Å². The molecule has 0 spiro atoms. The molecule has 0 aromatic heterocycles. The summed E-state index contributed by atoms with van der Waals surface area (Å²) in [5.41, 5.74) is 10.7. The van der Waals surface area contributed by atoms with Crippen LogP contribution in [0.25, 0.3) is 0 Å². The zero-order valence-corrected chi connectivity index (χ0v) is 8.48. The molecule has 2 amide bonds. The summed E-state index contributed by atoms with van der Waals surface area (Å²) in [6.07, 6.45) is 5.67. The summed E-state index contributed by atoms with van der Waals surface area (Å²) in [6, 6.07) is 0. The maximum absolute atomic E-state index is 10.6. The Balaban J connectivity index is 4.25. The maximum atomic E-state index is 10.6. The summed E-state index contributed by atoms with van der Waals surface area (Å²) in [5.74, 6) is -1.06. The van der Waals surface area contributed by atoms with Crippen LogP contribution >= 0.6 is 0 Å². The number of carbonyl (C=O) groups excluding carboxylic acids is 2. The van der Waals surface area contributed by atoms with Gasteiger partial charge >= 0.3 is 0 Å². The molecule has 84 valence electrons. The van der Waals surface area contributed by atoms with Crippen LogP contribution in [0.2, 0.25) is 0 Å². The van der Waals surface area contributed by atoms with Crippen molar-refractivity contribution in [3.8, 4) is 0 Å². The summed E-state index contributed by atoms with van der Waals surface area (Å²) in [6.45, 7) is 0.0512. The van der Waals surface area contributed by atoms with Gasteiger partial charge in [-0.05, 0) is 25.3 Å². The number of aliphatic hydroxyl groups excluding tert-OH is 1. The lowest BCUT2D eigenvalue weighted by Gasteiger charge is -2.01. The van der Waals surface area contributed by atoms with E-state index in [0.717, 1.165) is 5.57 Å². The molecule has 0 aromatic rings. The van der Waals surface area contributed by atoms with Crippen molar-refractivity contribution in [2.45, 2.75) is 19.3 Å². The first-order valence-electron chi connectivity index (χ1n) is 4.62. The van der Waals surface area contributed by atoms with Gasteiger partial charge < -0.3 is 16.6 Å². The minimum atomic E-state index is -0.532. The standard InChI is InChI=1S/C10H16N2O3/c11-9(14)5-1-3-8(4-2-6-13)7-10(12)15/h1,5,7,13H,2-4,6H2,(H2,11,14)(H2,12,15). The van der Waals surface area contributed by atoms with E-state index in [1.165, 1.54) is 12.2 Å². The number of rotatable bonds is 7. The highest BCUT2D eigenvalue weighted by molar-refractivity contribution is 5.87.